The van der Waals surface area contributed by atoms with Gasteiger partial charge >= 0.3 is 6.18 Å². The molecule has 4 nitrogen and oxygen atoms in total. The summed E-state index contributed by atoms with van der Waals surface area (Å²) < 4.78 is 52.2. The van der Waals surface area contributed by atoms with Crippen LogP contribution in [0, 0.1) is 5.82 Å². The second-order valence-electron chi connectivity index (χ2n) is 3.90. The topological polar surface area (TPSA) is 42.7 Å². The van der Waals surface area contributed by atoms with E-state index in [2.05, 4.69) is 15.5 Å². The predicted octanol–water partition coefficient (Wildman–Crippen LogP) is 2.59. The molecule has 0 atom stereocenters. The average molecular weight is 274 g/mol. The lowest BCUT2D eigenvalue weighted by Gasteiger charge is -2.11. The number of alkyl halides is 3. The smallest absolute Gasteiger partial charge is 0.378 e. The minimum absolute atomic E-state index is 0.164. The zero-order valence-corrected chi connectivity index (χ0v) is 9.87. The van der Waals surface area contributed by atoms with Gasteiger partial charge in [0.25, 0.3) is 0 Å². The van der Waals surface area contributed by atoms with Crippen molar-refractivity contribution in [3.8, 4) is 0 Å². The Morgan fingerprint density at radius 1 is 1.32 bits per heavy atom. The van der Waals surface area contributed by atoms with Crippen LogP contribution in [-0.2, 0) is 19.8 Å². The molecule has 19 heavy (non-hydrogen) atoms. The average Bonchev–Trinajstić information content (AvgIpc) is 2.72. The van der Waals surface area contributed by atoms with Crippen molar-refractivity contribution in [2.75, 3.05) is 5.32 Å². The monoisotopic (exact) mass is 274 g/mol. The van der Waals surface area contributed by atoms with E-state index in [1.54, 1.807) is 11.6 Å². The number of anilines is 1. The van der Waals surface area contributed by atoms with Gasteiger partial charge in [-0.3, -0.25) is 0 Å². The lowest BCUT2D eigenvalue weighted by Crippen LogP contribution is -2.10. The van der Waals surface area contributed by atoms with E-state index in [1.807, 2.05) is 0 Å². The van der Waals surface area contributed by atoms with Crippen molar-refractivity contribution in [2.45, 2.75) is 12.7 Å². The molecule has 1 N–H and O–H groups in total. The number of aryl methyl sites for hydroxylation is 1. The highest BCUT2D eigenvalue weighted by molar-refractivity contribution is 5.47. The molecule has 0 aliphatic heterocycles. The van der Waals surface area contributed by atoms with E-state index < -0.39 is 17.6 Å². The Balaban J connectivity index is 2.16. The van der Waals surface area contributed by atoms with Gasteiger partial charge < -0.3 is 9.88 Å². The first-order valence-electron chi connectivity index (χ1n) is 5.31. The van der Waals surface area contributed by atoms with Crippen LogP contribution in [0.5, 0.6) is 0 Å². The Morgan fingerprint density at radius 3 is 2.63 bits per heavy atom. The highest BCUT2D eigenvalue weighted by Crippen LogP contribution is 2.33. The summed E-state index contributed by atoms with van der Waals surface area (Å²) in [6, 6.07) is 2.74. The molecule has 0 aliphatic rings. The van der Waals surface area contributed by atoms with Crippen LogP contribution in [0.4, 0.5) is 23.2 Å². The van der Waals surface area contributed by atoms with Crippen molar-refractivity contribution < 1.29 is 17.6 Å². The third kappa shape index (κ3) is 3.01. The first-order chi connectivity index (χ1) is 8.88. The molecule has 0 radical (unpaired) electrons. The molecule has 0 fully saturated rings. The Bertz CT molecular complexity index is 576. The normalized spacial score (nSPS) is 11.6. The summed E-state index contributed by atoms with van der Waals surface area (Å²) in [5, 5.41) is 10.1. The second-order valence-corrected chi connectivity index (χ2v) is 3.90. The summed E-state index contributed by atoms with van der Waals surface area (Å²) in [4.78, 5) is 0. The molecule has 2 aromatic rings. The molecule has 1 aromatic heterocycles. The van der Waals surface area contributed by atoms with Crippen molar-refractivity contribution in [3.63, 3.8) is 0 Å². The van der Waals surface area contributed by atoms with Crippen LogP contribution in [-0.4, -0.2) is 14.8 Å². The van der Waals surface area contributed by atoms with E-state index in [0.717, 1.165) is 12.1 Å². The van der Waals surface area contributed by atoms with Crippen LogP contribution < -0.4 is 5.32 Å². The Labute approximate surface area is 106 Å². The van der Waals surface area contributed by atoms with Crippen molar-refractivity contribution in [1.82, 2.24) is 14.8 Å². The molecule has 2 rings (SSSR count). The summed E-state index contributed by atoms with van der Waals surface area (Å²) in [7, 11) is 1.71. The molecule has 1 heterocycles. The first kappa shape index (κ1) is 13.3. The molecule has 0 saturated carbocycles. The molecule has 0 aliphatic carbocycles. The van der Waals surface area contributed by atoms with E-state index >= 15 is 0 Å². The Hall–Kier alpha value is -2.12. The maximum absolute atomic E-state index is 13.1. The van der Waals surface area contributed by atoms with Gasteiger partial charge in [-0.2, -0.15) is 13.2 Å². The number of halogens is 4. The van der Waals surface area contributed by atoms with Gasteiger partial charge in [-0.1, -0.05) is 0 Å². The summed E-state index contributed by atoms with van der Waals surface area (Å²) in [6.07, 6.45) is -3.24. The summed E-state index contributed by atoms with van der Waals surface area (Å²) >= 11 is 0. The van der Waals surface area contributed by atoms with Gasteiger partial charge in [-0.15, -0.1) is 10.2 Å². The predicted molar refractivity (Wildman–Crippen MR) is 59.7 cm³/mol. The van der Waals surface area contributed by atoms with Gasteiger partial charge in [0.05, 0.1) is 12.1 Å². The van der Waals surface area contributed by atoms with Crippen LogP contribution in [0.2, 0.25) is 0 Å². The van der Waals surface area contributed by atoms with Crippen molar-refractivity contribution >= 4 is 5.69 Å². The van der Waals surface area contributed by atoms with E-state index in [9.17, 15) is 17.6 Å². The van der Waals surface area contributed by atoms with Crippen molar-refractivity contribution in [3.05, 3.63) is 41.7 Å². The number of rotatable bonds is 3. The highest BCUT2D eigenvalue weighted by Gasteiger charge is 2.34. The van der Waals surface area contributed by atoms with Gasteiger partial charge in [0.15, 0.2) is 5.82 Å². The fraction of sp³-hybridized carbons (Fsp3) is 0.273. The van der Waals surface area contributed by atoms with E-state index in [-0.39, 0.29) is 12.2 Å². The highest BCUT2D eigenvalue weighted by atomic mass is 19.4. The van der Waals surface area contributed by atoms with Crippen LogP contribution in [0.1, 0.15) is 11.4 Å². The number of aromatic nitrogens is 3. The summed E-state index contributed by atoms with van der Waals surface area (Å²) in [5.41, 5.74) is -1.13. The maximum Gasteiger partial charge on any atom is 0.419 e. The number of nitrogens with zero attached hydrogens (tertiary/aromatic N) is 3. The van der Waals surface area contributed by atoms with Crippen LogP contribution >= 0.6 is 0 Å². The number of hydrogen-bond donors (Lipinski definition) is 1. The third-order valence-electron chi connectivity index (χ3n) is 2.53. The molecular formula is C11H10F4N4. The van der Waals surface area contributed by atoms with Crippen LogP contribution in [0.15, 0.2) is 24.5 Å². The van der Waals surface area contributed by atoms with Crippen LogP contribution in [0.3, 0.4) is 0 Å². The lowest BCUT2D eigenvalue weighted by molar-refractivity contribution is -0.139. The molecular weight excluding hydrogens is 264 g/mol. The zero-order valence-electron chi connectivity index (χ0n) is 9.87. The molecule has 0 bridgehead atoms. The number of benzene rings is 1. The molecule has 8 heteroatoms. The summed E-state index contributed by atoms with van der Waals surface area (Å²) in [6.45, 7) is 0.194. The fourth-order valence-electron chi connectivity index (χ4n) is 1.50. The first-order valence-corrected chi connectivity index (χ1v) is 5.31. The molecule has 0 spiro atoms. The SMILES string of the molecule is Cn1cnnc1CNc1ccc(F)c(C(F)(F)F)c1. The van der Waals surface area contributed by atoms with Crippen molar-refractivity contribution in [1.29, 1.82) is 0 Å². The van der Waals surface area contributed by atoms with Crippen LogP contribution in [0.25, 0.3) is 0 Å². The van der Waals surface area contributed by atoms with Gasteiger partial charge in [-0.25, -0.2) is 4.39 Å². The van der Waals surface area contributed by atoms with E-state index in [0.29, 0.717) is 5.82 Å². The van der Waals surface area contributed by atoms with E-state index in [4.69, 9.17) is 0 Å². The molecule has 0 unspecified atom stereocenters. The largest absolute Gasteiger partial charge is 0.419 e. The molecule has 1 aromatic carbocycles. The van der Waals surface area contributed by atoms with Gasteiger partial charge in [0.2, 0.25) is 0 Å². The van der Waals surface area contributed by atoms with Gasteiger partial charge in [-0.05, 0) is 18.2 Å². The molecule has 0 saturated heterocycles. The van der Waals surface area contributed by atoms with Crippen molar-refractivity contribution in [2.24, 2.45) is 7.05 Å². The second kappa shape index (κ2) is 4.87. The fourth-order valence-corrected chi connectivity index (χ4v) is 1.50. The number of nitrogens with one attached hydrogen (secondary N) is 1. The maximum atomic E-state index is 13.1. The quantitative estimate of drug-likeness (QED) is 0.875. The minimum atomic E-state index is -4.72. The lowest BCUT2D eigenvalue weighted by atomic mass is 10.2. The Morgan fingerprint density at radius 2 is 2.05 bits per heavy atom. The molecule has 0 amide bonds. The summed E-state index contributed by atoms with van der Waals surface area (Å²) in [5.74, 6) is -0.741. The molecule has 102 valence electrons. The van der Waals surface area contributed by atoms with Gasteiger partial charge in [0, 0.05) is 12.7 Å². The van der Waals surface area contributed by atoms with E-state index in [1.165, 1.54) is 12.4 Å². The zero-order chi connectivity index (χ0) is 14.0. The van der Waals surface area contributed by atoms with Gasteiger partial charge in [0.1, 0.15) is 12.1 Å². The third-order valence-corrected chi connectivity index (χ3v) is 2.53. The number of hydrogen-bond acceptors (Lipinski definition) is 3. The standard InChI is InChI=1S/C11H10F4N4/c1-19-6-17-18-10(19)5-16-7-2-3-9(12)8(4-7)11(13,14)15/h2-4,6,16H,5H2,1H3. The Kier molecular flexibility index (Phi) is 3.41. The minimum Gasteiger partial charge on any atom is -0.378 e.